The van der Waals surface area contributed by atoms with Crippen molar-refractivity contribution in [1.29, 1.82) is 0 Å². The van der Waals surface area contributed by atoms with Crippen molar-refractivity contribution in [3.05, 3.63) is 18.2 Å². The van der Waals surface area contributed by atoms with Crippen LogP contribution in [-0.4, -0.2) is 15.7 Å². The Hall–Kier alpha value is -0.860. The van der Waals surface area contributed by atoms with Gasteiger partial charge >= 0.3 is 0 Å². The molecule has 1 saturated carbocycles. The smallest absolute Gasteiger partial charge is 0.121 e. The third kappa shape index (κ3) is 1.56. The Bertz CT molecular complexity index is 306. The van der Waals surface area contributed by atoms with Crippen LogP contribution < -0.4 is 0 Å². The van der Waals surface area contributed by atoms with E-state index in [2.05, 4.69) is 18.8 Å². The highest BCUT2D eigenvalue weighted by molar-refractivity contribution is 5.02. The van der Waals surface area contributed by atoms with Gasteiger partial charge in [-0.2, -0.15) is 0 Å². The first-order chi connectivity index (χ1) is 6.70. The Labute approximate surface area is 84.1 Å². The molecule has 0 aromatic carbocycles. The third-order valence-electron chi connectivity index (χ3n) is 2.97. The molecule has 3 heteroatoms. The molecule has 2 rings (SSSR count). The Morgan fingerprint density at radius 3 is 2.86 bits per heavy atom. The second-order valence-corrected chi connectivity index (χ2v) is 4.36. The summed E-state index contributed by atoms with van der Waals surface area (Å²) in [5, 5.41) is 0. The topological polar surface area (TPSA) is 17.8 Å². The van der Waals surface area contributed by atoms with E-state index in [0.717, 1.165) is 18.7 Å². The van der Waals surface area contributed by atoms with E-state index in [4.69, 9.17) is 0 Å². The molecule has 2 nitrogen and oxygen atoms in total. The number of alkyl halides is 1. The standard InChI is InChI=1S/C11H17FN2/c1-8(2)11-13-6-7-14(11)10-5-3-4-9(10)12/h6-10H,3-5H2,1-2H3/t9-,10-/m1/s1. The summed E-state index contributed by atoms with van der Waals surface area (Å²) in [6.45, 7) is 4.20. The van der Waals surface area contributed by atoms with E-state index in [-0.39, 0.29) is 6.04 Å². The maximum Gasteiger partial charge on any atom is 0.121 e. The van der Waals surface area contributed by atoms with Gasteiger partial charge in [0.15, 0.2) is 0 Å². The van der Waals surface area contributed by atoms with Gasteiger partial charge in [-0.25, -0.2) is 9.37 Å². The average Bonchev–Trinajstić information content (AvgIpc) is 2.70. The van der Waals surface area contributed by atoms with Crippen LogP contribution in [0.25, 0.3) is 0 Å². The van der Waals surface area contributed by atoms with Gasteiger partial charge in [-0.3, -0.25) is 0 Å². The summed E-state index contributed by atoms with van der Waals surface area (Å²) in [6, 6.07) is 0.0369. The first kappa shape index (κ1) is 9.69. The summed E-state index contributed by atoms with van der Waals surface area (Å²) in [5.74, 6) is 1.39. The molecule has 0 N–H and O–H groups in total. The lowest BCUT2D eigenvalue weighted by Crippen LogP contribution is -2.17. The minimum atomic E-state index is -0.679. The van der Waals surface area contributed by atoms with Gasteiger partial charge in [0.25, 0.3) is 0 Å². The van der Waals surface area contributed by atoms with Crippen LogP contribution in [-0.2, 0) is 0 Å². The molecule has 1 fully saturated rings. The lowest BCUT2D eigenvalue weighted by molar-refractivity contribution is 0.258. The molecule has 0 amide bonds. The van der Waals surface area contributed by atoms with Crippen LogP contribution in [0.2, 0.25) is 0 Å². The van der Waals surface area contributed by atoms with E-state index in [9.17, 15) is 4.39 Å². The van der Waals surface area contributed by atoms with Crippen LogP contribution in [0.15, 0.2) is 12.4 Å². The van der Waals surface area contributed by atoms with Crippen LogP contribution in [0.4, 0.5) is 4.39 Å². The van der Waals surface area contributed by atoms with Crippen molar-refractivity contribution in [3.63, 3.8) is 0 Å². The van der Waals surface area contributed by atoms with Crippen LogP contribution >= 0.6 is 0 Å². The van der Waals surface area contributed by atoms with Gasteiger partial charge < -0.3 is 4.57 Å². The Balaban J connectivity index is 2.26. The van der Waals surface area contributed by atoms with Crippen LogP contribution in [0.3, 0.4) is 0 Å². The second-order valence-electron chi connectivity index (χ2n) is 4.36. The zero-order valence-corrected chi connectivity index (χ0v) is 8.78. The molecule has 1 heterocycles. The Kier molecular flexibility index (Phi) is 2.57. The van der Waals surface area contributed by atoms with Gasteiger partial charge in [-0.05, 0) is 19.3 Å². The molecule has 1 aliphatic rings. The first-order valence-electron chi connectivity index (χ1n) is 5.37. The van der Waals surface area contributed by atoms with Crippen LogP contribution in [0.1, 0.15) is 50.9 Å². The summed E-state index contributed by atoms with van der Waals surface area (Å²) in [7, 11) is 0. The van der Waals surface area contributed by atoms with Gasteiger partial charge in [0.05, 0.1) is 6.04 Å². The van der Waals surface area contributed by atoms with Gasteiger partial charge in [0, 0.05) is 18.3 Å². The molecule has 0 saturated heterocycles. The van der Waals surface area contributed by atoms with Crippen molar-refractivity contribution in [1.82, 2.24) is 9.55 Å². The monoisotopic (exact) mass is 196 g/mol. The molecule has 14 heavy (non-hydrogen) atoms. The second kappa shape index (κ2) is 3.71. The van der Waals surface area contributed by atoms with Crippen LogP contribution in [0.5, 0.6) is 0 Å². The number of nitrogens with zero attached hydrogens (tertiary/aromatic N) is 2. The number of imidazole rings is 1. The first-order valence-corrected chi connectivity index (χ1v) is 5.37. The maximum absolute atomic E-state index is 13.5. The number of hydrogen-bond acceptors (Lipinski definition) is 1. The number of hydrogen-bond donors (Lipinski definition) is 0. The predicted octanol–water partition coefficient (Wildman–Crippen LogP) is 3.07. The fraction of sp³-hybridized carbons (Fsp3) is 0.727. The molecule has 0 radical (unpaired) electrons. The molecule has 0 unspecified atom stereocenters. The molecule has 78 valence electrons. The van der Waals surface area contributed by atoms with Crippen molar-refractivity contribution < 1.29 is 4.39 Å². The summed E-state index contributed by atoms with van der Waals surface area (Å²) in [6.07, 6.45) is 5.68. The third-order valence-corrected chi connectivity index (χ3v) is 2.97. The van der Waals surface area contributed by atoms with Gasteiger partial charge in [0.1, 0.15) is 12.0 Å². The average molecular weight is 196 g/mol. The number of halogens is 1. The van der Waals surface area contributed by atoms with E-state index >= 15 is 0 Å². The zero-order chi connectivity index (χ0) is 10.1. The largest absolute Gasteiger partial charge is 0.329 e. The van der Waals surface area contributed by atoms with E-state index in [0.29, 0.717) is 12.3 Å². The van der Waals surface area contributed by atoms with E-state index < -0.39 is 6.17 Å². The summed E-state index contributed by atoms with van der Waals surface area (Å²) in [4.78, 5) is 4.29. The predicted molar refractivity (Wildman–Crippen MR) is 54.1 cm³/mol. The van der Waals surface area contributed by atoms with Crippen LogP contribution in [0, 0.1) is 0 Å². The highest BCUT2D eigenvalue weighted by atomic mass is 19.1. The maximum atomic E-state index is 13.5. The van der Waals surface area contributed by atoms with Crippen molar-refractivity contribution in [2.45, 2.75) is 51.2 Å². The lowest BCUT2D eigenvalue weighted by Gasteiger charge is -2.18. The van der Waals surface area contributed by atoms with Gasteiger partial charge in [-0.15, -0.1) is 0 Å². The SMILES string of the molecule is CC(C)c1nccn1[C@@H]1CCC[C@H]1F. The molecule has 2 atom stereocenters. The van der Waals surface area contributed by atoms with Gasteiger partial charge in [0.2, 0.25) is 0 Å². The van der Waals surface area contributed by atoms with Crippen molar-refractivity contribution in [3.8, 4) is 0 Å². The van der Waals surface area contributed by atoms with Crippen molar-refractivity contribution in [2.24, 2.45) is 0 Å². The summed E-state index contributed by atoms with van der Waals surface area (Å²) >= 11 is 0. The molecular weight excluding hydrogens is 179 g/mol. The zero-order valence-electron chi connectivity index (χ0n) is 8.78. The molecule has 0 bridgehead atoms. The van der Waals surface area contributed by atoms with E-state index in [1.54, 1.807) is 6.20 Å². The molecule has 0 spiro atoms. The minimum absolute atomic E-state index is 0.0369. The molecular formula is C11H17FN2. The highest BCUT2D eigenvalue weighted by Crippen LogP contribution is 2.34. The molecule has 1 aliphatic carbocycles. The molecule has 0 aliphatic heterocycles. The number of aromatic nitrogens is 2. The number of rotatable bonds is 2. The summed E-state index contributed by atoms with van der Waals surface area (Å²) in [5.41, 5.74) is 0. The normalized spacial score (nSPS) is 27.4. The fourth-order valence-corrected chi connectivity index (χ4v) is 2.26. The fourth-order valence-electron chi connectivity index (χ4n) is 2.26. The summed E-state index contributed by atoms with van der Waals surface area (Å²) < 4.78 is 15.6. The van der Waals surface area contributed by atoms with Crippen molar-refractivity contribution in [2.75, 3.05) is 0 Å². The highest BCUT2D eigenvalue weighted by Gasteiger charge is 2.29. The van der Waals surface area contributed by atoms with E-state index in [1.165, 1.54) is 0 Å². The van der Waals surface area contributed by atoms with Gasteiger partial charge in [-0.1, -0.05) is 13.8 Å². The Morgan fingerprint density at radius 2 is 2.29 bits per heavy atom. The molecule has 1 aromatic rings. The molecule has 1 aromatic heterocycles. The van der Waals surface area contributed by atoms with E-state index in [1.807, 2.05) is 10.8 Å². The Morgan fingerprint density at radius 1 is 1.50 bits per heavy atom. The quantitative estimate of drug-likeness (QED) is 0.710. The lowest BCUT2D eigenvalue weighted by atomic mass is 10.1. The van der Waals surface area contributed by atoms with Crippen molar-refractivity contribution >= 4 is 0 Å². The minimum Gasteiger partial charge on any atom is -0.329 e.